The molecule has 14 heavy (non-hydrogen) atoms. The fraction of sp³-hybridized carbons (Fsp3) is 1.00. The molecule has 3 heteroatoms. The third-order valence-electron chi connectivity index (χ3n) is 3.55. The van der Waals surface area contributed by atoms with Crippen molar-refractivity contribution in [2.45, 2.75) is 44.1 Å². The van der Waals surface area contributed by atoms with Crippen molar-refractivity contribution in [2.24, 2.45) is 5.92 Å². The molecule has 4 atom stereocenters. The summed E-state index contributed by atoms with van der Waals surface area (Å²) in [6.07, 6.45) is 3.04. The summed E-state index contributed by atoms with van der Waals surface area (Å²) in [6.45, 7) is 6.65. The van der Waals surface area contributed by atoms with E-state index in [1.54, 1.807) is 0 Å². The molecule has 0 aliphatic carbocycles. The van der Waals surface area contributed by atoms with Gasteiger partial charge in [-0.2, -0.15) is 11.8 Å². The summed E-state index contributed by atoms with van der Waals surface area (Å²) in [6, 6.07) is 0.743. The minimum absolute atomic E-state index is 0.465. The van der Waals surface area contributed by atoms with Gasteiger partial charge in [0.05, 0.1) is 6.10 Å². The van der Waals surface area contributed by atoms with E-state index in [-0.39, 0.29) is 0 Å². The SMILES string of the molecule is CC1OCCC1CNC1CCSC1C. The second-order valence-electron chi connectivity index (χ2n) is 4.50. The van der Waals surface area contributed by atoms with Crippen LogP contribution in [0.2, 0.25) is 0 Å². The van der Waals surface area contributed by atoms with Crippen molar-refractivity contribution in [1.29, 1.82) is 0 Å². The van der Waals surface area contributed by atoms with Gasteiger partial charge in [-0.05, 0) is 31.4 Å². The highest BCUT2D eigenvalue weighted by atomic mass is 32.2. The number of hydrogen-bond donors (Lipinski definition) is 1. The highest BCUT2D eigenvalue weighted by molar-refractivity contribution is 8.00. The highest BCUT2D eigenvalue weighted by Crippen LogP contribution is 2.27. The summed E-state index contributed by atoms with van der Waals surface area (Å²) in [7, 11) is 0. The van der Waals surface area contributed by atoms with E-state index in [0.29, 0.717) is 6.10 Å². The van der Waals surface area contributed by atoms with Gasteiger partial charge < -0.3 is 10.1 Å². The summed E-state index contributed by atoms with van der Waals surface area (Å²) in [5, 5.41) is 4.50. The van der Waals surface area contributed by atoms with Gasteiger partial charge in [0.1, 0.15) is 0 Å². The van der Waals surface area contributed by atoms with Crippen LogP contribution in [0.5, 0.6) is 0 Å². The van der Waals surface area contributed by atoms with Crippen molar-refractivity contribution < 1.29 is 4.74 Å². The van der Waals surface area contributed by atoms with Crippen LogP contribution in [-0.2, 0) is 4.74 Å². The van der Waals surface area contributed by atoms with Gasteiger partial charge in [0, 0.05) is 24.4 Å². The zero-order chi connectivity index (χ0) is 9.97. The summed E-state index contributed by atoms with van der Waals surface area (Å²) < 4.78 is 5.56. The third kappa shape index (κ3) is 2.44. The normalized spacial score (nSPS) is 43.3. The average Bonchev–Trinajstić information content (AvgIpc) is 2.72. The van der Waals surface area contributed by atoms with Crippen molar-refractivity contribution in [1.82, 2.24) is 5.32 Å². The maximum absolute atomic E-state index is 5.56. The molecule has 2 heterocycles. The van der Waals surface area contributed by atoms with Crippen LogP contribution in [0.4, 0.5) is 0 Å². The maximum Gasteiger partial charge on any atom is 0.0588 e. The van der Waals surface area contributed by atoms with Crippen LogP contribution in [0.15, 0.2) is 0 Å². The molecule has 2 aliphatic rings. The lowest BCUT2D eigenvalue weighted by Gasteiger charge is -2.20. The van der Waals surface area contributed by atoms with Crippen molar-refractivity contribution >= 4 is 11.8 Å². The van der Waals surface area contributed by atoms with E-state index in [4.69, 9.17) is 4.74 Å². The first-order chi connectivity index (χ1) is 6.77. The second kappa shape index (κ2) is 4.86. The Labute approximate surface area is 91.2 Å². The maximum atomic E-state index is 5.56. The highest BCUT2D eigenvalue weighted by Gasteiger charge is 2.28. The van der Waals surface area contributed by atoms with Gasteiger partial charge in [0.15, 0.2) is 0 Å². The number of hydrogen-bond acceptors (Lipinski definition) is 3. The Hall–Kier alpha value is 0.270. The van der Waals surface area contributed by atoms with Crippen molar-refractivity contribution in [3.63, 3.8) is 0 Å². The Morgan fingerprint density at radius 2 is 2.21 bits per heavy atom. The Balaban J connectivity index is 1.71. The van der Waals surface area contributed by atoms with E-state index in [9.17, 15) is 0 Å². The van der Waals surface area contributed by atoms with Crippen LogP contribution in [0.1, 0.15) is 26.7 Å². The molecule has 0 saturated carbocycles. The van der Waals surface area contributed by atoms with Crippen molar-refractivity contribution in [3.05, 3.63) is 0 Å². The molecule has 1 N–H and O–H groups in total. The summed E-state index contributed by atoms with van der Waals surface area (Å²) in [5.41, 5.74) is 0. The minimum Gasteiger partial charge on any atom is -0.378 e. The lowest BCUT2D eigenvalue weighted by Crippen LogP contribution is -2.38. The topological polar surface area (TPSA) is 21.3 Å². The van der Waals surface area contributed by atoms with Crippen LogP contribution in [0.25, 0.3) is 0 Å². The first-order valence-electron chi connectivity index (χ1n) is 5.74. The first kappa shape index (κ1) is 10.8. The molecule has 0 amide bonds. The van der Waals surface area contributed by atoms with E-state index in [1.165, 1.54) is 18.6 Å². The predicted octanol–water partition coefficient (Wildman–Crippen LogP) is 1.90. The summed E-state index contributed by atoms with van der Waals surface area (Å²) >= 11 is 2.09. The fourth-order valence-corrected chi connectivity index (χ4v) is 3.57. The molecule has 2 saturated heterocycles. The number of ether oxygens (including phenoxy) is 1. The molecule has 0 aromatic carbocycles. The van der Waals surface area contributed by atoms with Crippen LogP contribution >= 0.6 is 11.8 Å². The summed E-state index contributed by atoms with van der Waals surface area (Å²) in [5.74, 6) is 2.07. The Bertz CT molecular complexity index is 168. The van der Waals surface area contributed by atoms with E-state index in [1.807, 2.05) is 0 Å². The Morgan fingerprint density at radius 3 is 2.79 bits per heavy atom. The van der Waals surface area contributed by atoms with E-state index < -0.39 is 0 Å². The van der Waals surface area contributed by atoms with Gasteiger partial charge in [0.25, 0.3) is 0 Å². The lowest BCUT2D eigenvalue weighted by molar-refractivity contribution is 0.105. The van der Waals surface area contributed by atoms with E-state index >= 15 is 0 Å². The van der Waals surface area contributed by atoms with Crippen LogP contribution in [0, 0.1) is 5.92 Å². The molecule has 0 aromatic rings. The monoisotopic (exact) mass is 215 g/mol. The molecule has 0 radical (unpaired) electrons. The molecule has 82 valence electrons. The summed E-state index contributed by atoms with van der Waals surface area (Å²) in [4.78, 5) is 0. The van der Waals surface area contributed by atoms with E-state index in [0.717, 1.165) is 30.4 Å². The first-order valence-corrected chi connectivity index (χ1v) is 6.79. The Kier molecular flexibility index (Phi) is 3.74. The van der Waals surface area contributed by atoms with Crippen molar-refractivity contribution in [2.75, 3.05) is 18.9 Å². The quantitative estimate of drug-likeness (QED) is 0.777. The van der Waals surface area contributed by atoms with Crippen LogP contribution < -0.4 is 5.32 Å². The molecule has 2 rings (SSSR count). The third-order valence-corrected chi connectivity index (χ3v) is 4.88. The molecule has 0 aromatic heterocycles. The average molecular weight is 215 g/mol. The number of nitrogens with one attached hydrogen (secondary N) is 1. The van der Waals surface area contributed by atoms with Gasteiger partial charge in [-0.1, -0.05) is 6.92 Å². The predicted molar refractivity (Wildman–Crippen MR) is 61.8 cm³/mol. The molecular formula is C11H21NOS. The van der Waals surface area contributed by atoms with Gasteiger partial charge in [-0.25, -0.2) is 0 Å². The standard InChI is InChI=1S/C11H21NOS/c1-8-10(3-5-13-8)7-12-11-4-6-14-9(11)2/h8-12H,3-7H2,1-2H3. The Morgan fingerprint density at radius 1 is 1.36 bits per heavy atom. The largest absolute Gasteiger partial charge is 0.378 e. The van der Waals surface area contributed by atoms with Gasteiger partial charge in [0.2, 0.25) is 0 Å². The molecule has 0 spiro atoms. The van der Waals surface area contributed by atoms with Crippen LogP contribution in [-0.4, -0.2) is 36.3 Å². The molecule has 2 nitrogen and oxygen atoms in total. The number of thioether (sulfide) groups is 1. The molecule has 2 fully saturated rings. The molecule has 2 aliphatic heterocycles. The fourth-order valence-electron chi connectivity index (χ4n) is 2.35. The van der Waals surface area contributed by atoms with Crippen LogP contribution in [0.3, 0.4) is 0 Å². The second-order valence-corrected chi connectivity index (χ2v) is 5.99. The van der Waals surface area contributed by atoms with E-state index in [2.05, 4.69) is 30.9 Å². The minimum atomic E-state index is 0.465. The zero-order valence-corrected chi connectivity index (χ0v) is 9.98. The van der Waals surface area contributed by atoms with Gasteiger partial charge in [-0.3, -0.25) is 0 Å². The van der Waals surface area contributed by atoms with Gasteiger partial charge >= 0.3 is 0 Å². The van der Waals surface area contributed by atoms with Crippen molar-refractivity contribution in [3.8, 4) is 0 Å². The lowest BCUT2D eigenvalue weighted by atomic mass is 10.0. The zero-order valence-electron chi connectivity index (χ0n) is 9.16. The number of rotatable bonds is 3. The molecule has 4 unspecified atom stereocenters. The van der Waals surface area contributed by atoms with Gasteiger partial charge in [-0.15, -0.1) is 0 Å². The molecular weight excluding hydrogens is 194 g/mol. The molecule has 0 bridgehead atoms. The smallest absolute Gasteiger partial charge is 0.0588 e.